The number of nitrogens with zero attached hydrogens (tertiary/aromatic N) is 4. The predicted octanol–water partition coefficient (Wildman–Crippen LogP) is 1.11. The Morgan fingerprint density at radius 3 is 2.56 bits per heavy atom. The molecule has 0 radical (unpaired) electrons. The summed E-state index contributed by atoms with van der Waals surface area (Å²) in [6.45, 7) is 2.50. The summed E-state index contributed by atoms with van der Waals surface area (Å²) < 4.78 is 43.1. The Morgan fingerprint density at radius 2 is 1.96 bits per heavy atom. The van der Waals surface area contributed by atoms with E-state index in [4.69, 9.17) is 0 Å². The minimum atomic E-state index is -3.74. The average Bonchev–Trinajstić information content (AvgIpc) is 3.17. The van der Waals surface area contributed by atoms with Crippen molar-refractivity contribution < 1.29 is 17.6 Å². The molecule has 146 valence electrons. The molecule has 1 aliphatic rings. The van der Waals surface area contributed by atoms with E-state index in [2.05, 4.69) is 15.4 Å². The Kier molecular flexibility index (Phi) is 5.56. The molecule has 0 atom stereocenters. The Balaban J connectivity index is 1.60. The van der Waals surface area contributed by atoms with Crippen molar-refractivity contribution in [2.24, 2.45) is 0 Å². The van der Waals surface area contributed by atoms with Gasteiger partial charge in [0.15, 0.2) is 5.67 Å². The topological polar surface area (TPSA) is 97.2 Å². The fourth-order valence-corrected chi connectivity index (χ4v) is 4.35. The molecule has 2 aromatic rings. The SMILES string of the molecule is CCn1cc(S(=O)(=O)N2CCC(F)(C(=O)NCc3ccncc3)CC2)cn1. The van der Waals surface area contributed by atoms with Gasteiger partial charge in [0.1, 0.15) is 4.90 Å². The van der Waals surface area contributed by atoms with Crippen LogP contribution in [0.15, 0.2) is 41.8 Å². The number of aromatic nitrogens is 3. The molecule has 3 heterocycles. The molecule has 0 aromatic carbocycles. The first-order valence-corrected chi connectivity index (χ1v) is 10.2. The summed E-state index contributed by atoms with van der Waals surface area (Å²) in [6.07, 6.45) is 5.56. The van der Waals surface area contributed by atoms with Crippen LogP contribution in [-0.2, 0) is 27.9 Å². The molecule has 0 spiro atoms. The van der Waals surface area contributed by atoms with Gasteiger partial charge in [-0.1, -0.05) is 0 Å². The van der Waals surface area contributed by atoms with E-state index in [0.717, 1.165) is 5.56 Å². The van der Waals surface area contributed by atoms with Gasteiger partial charge in [0.2, 0.25) is 10.0 Å². The largest absolute Gasteiger partial charge is 0.349 e. The quantitative estimate of drug-likeness (QED) is 0.790. The number of rotatable bonds is 6. The highest BCUT2D eigenvalue weighted by molar-refractivity contribution is 7.89. The van der Waals surface area contributed by atoms with Crippen molar-refractivity contribution in [2.45, 2.75) is 43.4 Å². The molecule has 1 fully saturated rings. The molecule has 2 aromatic heterocycles. The lowest BCUT2D eigenvalue weighted by Gasteiger charge is -2.34. The fraction of sp³-hybridized carbons (Fsp3) is 0.471. The number of hydrogen-bond donors (Lipinski definition) is 1. The van der Waals surface area contributed by atoms with E-state index in [0.29, 0.717) is 6.54 Å². The van der Waals surface area contributed by atoms with Gasteiger partial charge in [0.25, 0.3) is 5.91 Å². The highest BCUT2D eigenvalue weighted by Gasteiger charge is 2.44. The van der Waals surface area contributed by atoms with E-state index in [-0.39, 0.29) is 37.4 Å². The molecule has 0 saturated carbocycles. The second kappa shape index (κ2) is 7.73. The molecule has 0 aliphatic carbocycles. The van der Waals surface area contributed by atoms with Gasteiger partial charge in [-0.2, -0.15) is 9.40 Å². The lowest BCUT2D eigenvalue weighted by molar-refractivity contribution is -0.135. The number of hydrogen-bond acceptors (Lipinski definition) is 5. The lowest BCUT2D eigenvalue weighted by Crippen LogP contribution is -2.52. The summed E-state index contributed by atoms with van der Waals surface area (Å²) >= 11 is 0. The molecule has 1 amide bonds. The second-order valence-electron chi connectivity index (χ2n) is 6.44. The number of nitrogens with one attached hydrogen (secondary N) is 1. The molecular weight excluding hydrogens is 373 g/mol. The molecule has 0 bridgehead atoms. The fourth-order valence-electron chi connectivity index (χ4n) is 2.95. The van der Waals surface area contributed by atoms with Gasteiger partial charge in [-0.3, -0.25) is 14.5 Å². The number of halogens is 1. The van der Waals surface area contributed by atoms with Gasteiger partial charge < -0.3 is 5.32 Å². The summed E-state index contributed by atoms with van der Waals surface area (Å²) in [6, 6.07) is 3.47. The van der Waals surface area contributed by atoms with E-state index in [1.54, 1.807) is 24.5 Å². The zero-order valence-electron chi connectivity index (χ0n) is 15.0. The van der Waals surface area contributed by atoms with E-state index in [1.165, 1.54) is 21.4 Å². The van der Waals surface area contributed by atoms with Crippen molar-refractivity contribution in [3.8, 4) is 0 Å². The van der Waals surface area contributed by atoms with Crippen LogP contribution >= 0.6 is 0 Å². The van der Waals surface area contributed by atoms with Crippen LogP contribution in [0.25, 0.3) is 0 Å². The van der Waals surface area contributed by atoms with Crippen LogP contribution in [0.1, 0.15) is 25.3 Å². The van der Waals surface area contributed by atoms with E-state index in [1.807, 2.05) is 6.92 Å². The predicted molar refractivity (Wildman–Crippen MR) is 95.8 cm³/mol. The van der Waals surface area contributed by atoms with Gasteiger partial charge >= 0.3 is 0 Å². The van der Waals surface area contributed by atoms with Crippen molar-refractivity contribution in [3.63, 3.8) is 0 Å². The third-order valence-corrected chi connectivity index (χ3v) is 6.55. The maximum absolute atomic E-state index is 15.0. The summed E-state index contributed by atoms with van der Waals surface area (Å²) in [5.74, 6) is -0.713. The Hall–Kier alpha value is -2.33. The highest BCUT2D eigenvalue weighted by Crippen LogP contribution is 2.30. The molecule has 10 heteroatoms. The summed E-state index contributed by atoms with van der Waals surface area (Å²) in [5, 5.41) is 6.56. The van der Waals surface area contributed by atoms with Crippen LogP contribution in [0.3, 0.4) is 0 Å². The van der Waals surface area contributed by atoms with Crippen LogP contribution in [-0.4, -0.2) is 52.2 Å². The van der Waals surface area contributed by atoms with E-state index < -0.39 is 21.6 Å². The van der Waals surface area contributed by atoms with Gasteiger partial charge in [0.05, 0.1) is 6.20 Å². The maximum atomic E-state index is 15.0. The average molecular weight is 395 g/mol. The number of alkyl halides is 1. The number of pyridine rings is 1. The molecule has 1 N–H and O–H groups in total. The van der Waals surface area contributed by atoms with Crippen molar-refractivity contribution >= 4 is 15.9 Å². The van der Waals surface area contributed by atoms with Crippen LogP contribution < -0.4 is 5.32 Å². The zero-order chi connectivity index (χ0) is 19.5. The van der Waals surface area contributed by atoms with Crippen molar-refractivity contribution in [1.82, 2.24) is 24.4 Å². The zero-order valence-corrected chi connectivity index (χ0v) is 15.8. The number of amides is 1. The van der Waals surface area contributed by atoms with Crippen LogP contribution in [0.5, 0.6) is 0 Å². The highest BCUT2D eigenvalue weighted by atomic mass is 32.2. The smallest absolute Gasteiger partial charge is 0.258 e. The van der Waals surface area contributed by atoms with Gasteiger partial charge in [0, 0.05) is 57.6 Å². The molecular formula is C17H22FN5O3S. The third kappa shape index (κ3) is 4.16. The Morgan fingerprint density at radius 1 is 1.30 bits per heavy atom. The number of sulfonamides is 1. The summed E-state index contributed by atoms with van der Waals surface area (Å²) in [5.41, 5.74) is -1.26. The number of carbonyl (C=O) groups is 1. The van der Waals surface area contributed by atoms with Crippen molar-refractivity contribution in [2.75, 3.05) is 13.1 Å². The molecule has 1 saturated heterocycles. The van der Waals surface area contributed by atoms with Crippen LogP contribution in [0.2, 0.25) is 0 Å². The molecule has 8 nitrogen and oxygen atoms in total. The minimum absolute atomic E-state index is 0.0567. The lowest BCUT2D eigenvalue weighted by atomic mass is 9.93. The van der Waals surface area contributed by atoms with E-state index >= 15 is 4.39 Å². The summed E-state index contributed by atoms with van der Waals surface area (Å²) in [4.78, 5) is 16.2. The van der Waals surface area contributed by atoms with Gasteiger partial charge in [-0.05, 0) is 24.6 Å². The first kappa shape index (κ1) is 19.4. The first-order chi connectivity index (χ1) is 12.8. The second-order valence-corrected chi connectivity index (χ2v) is 8.38. The first-order valence-electron chi connectivity index (χ1n) is 8.74. The monoisotopic (exact) mass is 395 g/mol. The summed E-state index contributed by atoms with van der Waals surface area (Å²) in [7, 11) is -3.74. The molecule has 3 rings (SSSR count). The molecule has 0 unspecified atom stereocenters. The van der Waals surface area contributed by atoms with Crippen LogP contribution in [0, 0.1) is 0 Å². The van der Waals surface area contributed by atoms with Crippen molar-refractivity contribution in [3.05, 3.63) is 42.5 Å². The maximum Gasteiger partial charge on any atom is 0.258 e. The number of piperidine rings is 1. The van der Waals surface area contributed by atoms with Crippen molar-refractivity contribution in [1.29, 1.82) is 0 Å². The molecule has 27 heavy (non-hydrogen) atoms. The van der Waals surface area contributed by atoms with Gasteiger partial charge in [-0.15, -0.1) is 0 Å². The number of carbonyl (C=O) groups excluding carboxylic acids is 1. The Labute approximate surface area is 157 Å². The standard InChI is InChI=1S/C17H22FN5O3S/c1-2-22-13-15(12-21-22)27(25,26)23-9-5-17(18,6-10-23)16(24)20-11-14-3-7-19-8-4-14/h3-4,7-8,12-13H,2,5-6,9-11H2,1H3,(H,20,24). The van der Waals surface area contributed by atoms with Gasteiger partial charge in [-0.25, -0.2) is 12.8 Å². The third-order valence-electron chi connectivity index (χ3n) is 4.70. The number of aryl methyl sites for hydroxylation is 1. The van der Waals surface area contributed by atoms with Crippen LogP contribution in [0.4, 0.5) is 4.39 Å². The minimum Gasteiger partial charge on any atom is -0.349 e. The molecule has 1 aliphatic heterocycles. The normalized spacial score (nSPS) is 17.6. The Bertz CT molecular complexity index is 892. The van der Waals surface area contributed by atoms with E-state index in [9.17, 15) is 13.2 Å².